The van der Waals surface area contributed by atoms with Crippen molar-refractivity contribution in [2.24, 2.45) is 0 Å². The van der Waals surface area contributed by atoms with Crippen LogP contribution in [0.5, 0.6) is 0 Å². The van der Waals surface area contributed by atoms with Crippen LogP contribution >= 0.6 is 0 Å². The van der Waals surface area contributed by atoms with Crippen molar-refractivity contribution in [3.63, 3.8) is 0 Å². The van der Waals surface area contributed by atoms with E-state index in [1.54, 1.807) is 0 Å². The summed E-state index contributed by atoms with van der Waals surface area (Å²) in [7, 11) is 1.50. The Labute approximate surface area is 126 Å². The number of carbonyl (C=O) groups is 1. The van der Waals surface area contributed by atoms with Crippen LogP contribution in [-0.2, 0) is 9.78 Å². The van der Waals surface area contributed by atoms with E-state index < -0.39 is 0 Å². The standard InChI is InChI=1S/C16H24N2O3/c1-3-17(14-9-5-4-6-10-14)16(19)18-12-8-7-11-15(18)13-21-20-2/h4-6,9-10,15H,3,7-8,11-13H2,1-2H3/t15-/m0/s1. The summed E-state index contributed by atoms with van der Waals surface area (Å²) in [4.78, 5) is 26.3. The molecule has 1 saturated heterocycles. The van der Waals surface area contributed by atoms with Gasteiger partial charge in [-0.05, 0) is 38.3 Å². The number of hydrogen-bond donors (Lipinski definition) is 0. The molecule has 116 valence electrons. The normalized spacial score (nSPS) is 18.6. The molecule has 1 atom stereocenters. The summed E-state index contributed by atoms with van der Waals surface area (Å²) in [6.07, 6.45) is 3.13. The highest BCUT2D eigenvalue weighted by molar-refractivity contribution is 5.92. The molecule has 1 aliphatic rings. The Morgan fingerprint density at radius 3 is 2.76 bits per heavy atom. The number of rotatable bonds is 5. The van der Waals surface area contributed by atoms with Crippen LogP contribution in [0, 0.1) is 0 Å². The Balaban J connectivity index is 2.11. The van der Waals surface area contributed by atoms with Gasteiger partial charge in [0.15, 0.2) is 0 Å². The van der Waals surface area contributed by atoms with Gasteiger partial charge in [-0.15, -0.1) is 0 Å². The van der Waals surface area contributed by atoms with Crippen LogP contribution < -0.4 is 4.90 Å². The third kappa shape index (κ3) is 3.95. The molecule has 2 amide bonds. The van der Waals surface area contributed by atoms with Crippen molar-refractivity contribution in [1.82, 2.24) is 4.90 Å². The van der Waals surface area contributed by atoms with Gasteiger partial charge in [0.1, 0.15) is 6.61 Å². The third-order valence-corrected chi connectivity index (χ3v) is 3.87. The summed E-state index contributed by atoms with van der Waals surface area (Å²) >= 11 is 0. The predicted molar refractivity (Wildman–Crippen MR) is 82.2 cm³/mol. The highest BCUT2D eigenvalue weighted by atomic mass is 17.2. The highest BCUT2D eigenvalue weighted by Crippen LogP contribution is 2.22. The van der Waals surface area contributed by atoms with E-state index in [0.29, 0.717) is 13.2 Å². The van der Waals surface area contributed by atoms with E-state index in [4.69, 9.17) is 9.78 Å². The minimum absolute atomic E-state index is 0.0492. The lowest BCUT2D eigenvalue weighted by Gasteiger charge is -2.38. The van der Waals surface area contributed by atoms with E-state index in [-0.39, 0.29) is 12.1 Å². The van der Waals surface area contributed by atoms with Crippen molar-refractivity contribution < 1.29 is 14.6 Å². The van der Waals surface area contributed by atoms with Gasteiger partial charge in [-0.2, -0.15) is 0 Å². The molecular formula is C16H24N2O3. The predicted octanol–water partition coefficient (Wildman–Crippen LogP) is 3.07. The second kappa shape index (κ2) is 8.00. The van der Waals surface area contributed by atoms with Crippen molar-refractivity contribution in [3.05, 3.63) is 30.3 Å². The Bertz CT molecular complexity index is 438. The van der Waals surface area contributed by atoms with Gasteiger partial charge in [0.25, 0.3) is 0 Å². The number of para-hydroxylation sites is 1. The van der Waals surface area contributed by atoms with Gasteiger partial charge in [-0.1, -0.05) is 18.2 Å². The van der Waals surface area contributed by atoms with Crippen LogP contribution in [0.15, 0.2) is 30.3 Å². The summed E-state index contributed by atoms with van der Waals surface area (Å²) in [5.41, 5.74) is 0.932. The highest BCUT2D eigenvalue weighted by Gasteiger charge is 2.30. The molecule has 2 rings (SSSR count). The molecule has 0 unspecified atom stereocenters. The third-order valence-electron chi connectivity index (χ3n) is 3.87. The van der Waals surface area contributed by atoms with Gasteiger partial charge < -0.3 is 4.90 Å². The lowest BCUT2D eigenvalue weighted by molar-refractivity contribution is -0.280. The second-order valence-corrected chi connectivity index (χ2v) is 5.16. The lowest BCUT2D eigenvalue weighted by Crippen LogP contribution is -2.52. The monoisotopic (exact) mass is 292 g/mol. The Morgan fingerprint density at radius 2 is 2.10 bits per heavy atom. The molecule has 5 nitrogen and oxygen atoms in total. The van der Waals surface area contributed by atoms with Gasteiger partial charge >= 0.3 is 6.03 Å². The van der Waals surface area contributed by atoms with Crippen LogP contribution in [0.25, 0.3) is 0 Å². The summed E-state index contributed by atoms with van der Waals surface area (Å²) in [6, 6.07) is 9.92. The van der Waals surface area contributed by atoms with Gasteiger partial charge in [-0.3, -0.25) is 4.90 Å². The summed E-state index contributed by atoms with van der Waals surface area (Å²) < 4.78 is 0. The first-order valence-electron chi connectivity index (χ1n) is 7.56. The number of carbonyl (C=O) groups excluding carboxylic acids is 1. The first-order valence-corrected chi connectivity index (χ1v) is 7.56. The summed E-state index contributed by atoms with van der Waals surface area (Å²) in [5.74, 6) is 0. The molecule has 0 radical (unpaired) electrons. The minimum atomic E-state index is 0.0492. The second-order valence-electron chi connectivity index (χ2n) is 5.16. The zero-order valence-electron chi connectivity index (χ0n) is 12.8. The molecular weight excluding hydrogens is 268 g/mol. The molecule has 21 heavy (non-hydrogen) atoms. The lowest BCUT2D eigenvalue weighted by atomic mass is 10.0. The minimum Gasteiger partial charge on any atom is -0.319 e. The SMILES string of the molecule is CCN(C(=O)N1CCCC[C@H]1COOC)c1ccccc1. The number of likely N-dealkylation sites (tertiary alicyclic amines) is 1. The van der Waals surface area contributed by atoms with Crippen LogP contribution in [0.1, 0.15) is 26.2 Å². The van der Waals surface area contributed by atoms with Gasteiger partial charge in [0.05, 0.1) is 13.2 Å². The molecule has 0 bridgehead atoms. The number of nitrogens with zero attached hydrogens (tertiary/aromatic N) is 2. The smallest absolute Gasteiger partial charge is 0.319 e. The molecule has 1 aromatic carbocycles. The average molecular weight is 292 g/mol. The Hall–Kier alpha value is -1.59. The Kier molecular flexibility index (Phi) is 6.02. The molecule has 5 heteroatoms. The van der Waals surface area contributed by atoms with Crippen LogP contribution in [0.2, 0.25) is 0 Å². The first kappa shape index (κ1) is 15.8. The fourth-order valence-corrected chi connectivity index (χ4v) is 2.76. The quantitative estimate of drug-likeness (QED) is 0.618. The molecule has 0 saturated carbocycles. The maximum atomic E-state index is 12.9. The van der Waals surface area contributed by atoms with E-state index in [1.807, 2.05) is 47.1 Å². The van der Waals surface area contributed by atoms with E-state index in [2.05, 4.69) is 0 Å². The van der Waals surface area contributed by atoms with Gasteiger partial charge in [-0.25, -0.2) is 14.6 Å². The fourth-order valence-electron chi connectivity index (χ4n) is 2.76. The maximum absolute atomic E-state index is 12.9. The molecule has 1 aromatic rings. The Morgan fingerprint density at radius 1 is 1.33 bits per heavy atom. The average Bonchev–Trinajstić information content (AvgIpc) is 2.55. The van der Waals surface area contributed by atoms with Crippen molar-refractivity contribution in [3.8, 4) is 0 Å². The maximum Gasteiger partial charge on any atom is 0.324 e. The molecule has 1 heterocycles. The zero-order chi connectivity index (χ0) is 15.1. The largest absolute Gasteiger partial charge is 0.324 e. The molecule has 1 aliphatic heterocycles. The van der Waals surface area contributed by atoms with E-state index >= 15 is 0 Å². The number of hydrogen-bond acceptors (Lipinski definition) is 3. The number of benzene rings is 1. The van der Waals surface area contributed by atoms with Crippen molar-refractivity contribution >= 4 is 11.7 Å². The number of amides is 2. The van der Waals surface area contributed by atoms with Crippen LogP contribution in [-0.4, -0.2) is 43.8 Å². The molecule has 1 fully saturated rings. The van der Waals surface area contributed by atoms with Crippen LogP contribution in [0.3, 0.4) is 0 Å². The molecule has 0 aromatic heterocycles. The first-order chi connectivity index (χ1) is 10.3. The van der Waals surface area contributed by atoms with Gasteiger partial charge in [0, 0.05) is 18.8 Å². The summed E-state index contributed by atoms with van der Waals surface area (Å²) in [6.45, 7) is 3.85. The van der Waals surface area contributed by atoms with Crippen molar-refractivity contribution in [2.75, 3.05) is 31.7 Å². The summed E-state index contributed by atoms with van der Waals surface area (Å²) in [5, 5.41) is 0. The number of urea groups is 1. The molecule has 0 aliphatic carbocycles. The van der Waals surface area contributed by atoms with Crippen molar-refractivity contribution in [1.29, 1.82) is 0 Å². The van der Waals surface area contributed by atoms with E-state index in [9.17, 15) is 4.79 Å². The topological polar surface area (TPSA) is 42.0 Å². The molecule has 0 N–H and O–H groups in total. The van der Waals surface area contributed by atoms with Crippen LogP contribution in [0.4, 0.5) is 10.5 Å². The molecule has 0 spiro atoms. The van der Waals surface area contributed by atoms with Crippen molar-refractivity contribution in [2.45, 2.75) is 32.2 Å². The number of piperidine rings is 1. The number of anilines is 1. The fraction of sp³-hybridized carbons (Fsp3) is 0.562. The van der Waals surface area contributed by atoms with Gasteiger partial charge in [0.2, 0.25) is 0 Å². The van der Waals surface area contributed by atoms with E-state index in [0.717, 1.165) is 31.5 Å². The zero-order valence-corrected chi connectivity index (χ0v) is 12.8. The van der Waals surface area contributed by atoms with E-state index in [1.165, 1.54) is 7.11 Å².